The summed E-state index contributed by atoms with van der Waals surface area (Å²) in [5, 5.41) is 9.63. The number of carbonyl (C=O) groups is 1. The van der Waals surface area contributed by atoms with Crippen molar-refractivity contribution in [3.8, 4) is 11.5 Å². The Hall–Kier alpha value is -2.62. The zero-order valence-electron chi connectivity index (χ0n) is 10.5. The van der Waals surface area contributed by atoms with Crippen molar-refractivity contribution in [1.29, 1.82) is 0 Å². The van der Waals surface area contributed by atoms with Crippen molar-refractivity contribution in [2.45, 2.75) is 0 Å². The lowest BCUT2D eigenvalue weighted by Crippen LogP contribution is -2.13. The summed E-state index contributed by atoms with van der Waals surface area (Å²) >= 11 is 0. The lowest BCUT2D eigenvalue weighted by atomic mass is 9.91. The van der Waals surface area contributed by atoms with Gasteiger partial charge >= 0.3 is 0 Å². The summed E-state index contributed by atoms with van der Waals surface area (Å²) in [6.07, 6.45) is 0.728. The van der Waals surface area contributed by atoms with Crippen LogP contribution < -0.4 is 4.74 Å². The Kier molecular flexibility index (Phi) is 2.99. The predicted molar refractivity (Wildman–Crippen MR) is 72.1 cm³/mol. The highest BCUT2D eigenvalue weighted by atomic mass is 19.1. The quantitative estimate of drug-likeness (QED) is 0.853. The Morgan fingerprint density at radius 1 is 1.15 bits per heavy atom. The number of benzene rings is 2. The summed E-state index contributed by atoms with van der Waals surface area (Å²) in [4.78, 5) is 11.2. The fourth-order valence-corrected chi connectivity index (χ4v) is 2.29. The molecule has 0 spiro atoms. The van der Waals surface area contributed by atoms with Crippen LogP contribution in [0.4, 0.5) is 4.39 Å². The van der Waals surface area contributed by atoms with E-state index in [4.69, 9.17) is 4.74 Å². The van der Waals surface area contributed by atoms with Gasteiger partial charge in [-0.05, 0) is 35.9 Å². The average molecular weight is 270 g/mol. The number of aldehydes is 1. The summed E-state index contributed by atoms with van der Waals surface area (Å²) in [6, 6.07) is 10.6. The first-order chi connectivity index (χ1) is 9.69. The molecular weight excluding hydrogens is 259 g/mol. The molecule has 2 aromatic carbocycles. The molecule has 20 heavy (non-hydrogen) atoms. The molecule has 1 aliphatic rings. The normalized spacial score (nSPS) is 13.7. The van der Waals surface area contributed by atoms with Crippen LogP contribution in [0.2, 0.25) is 0 Å². The summed E-state index contributed by atoms with van der Waals surface area (Å²) in [5.74, 6) is 0.331. The summed E-state index contributed by atoms with van der Waals surface area (Å²) < 4.78 is 18.5. The Morgan fingerprint density at radius 2 is 1.90 bits per heavy atom. The lowest BCUT2D eigenvalue weighted by Gasteiger charge is -2.22. The molecule has 3 nitrogen and oxygen atoms in total. The molecule has 0 saturated heterocycles. The van der Waals surface area contributed by atoms with Crippen LogP contribution in [0, 0.1) is 5.82 Å². The first-order valence-corrected chi connectivity index (χ1v) is 6.09. The Balaban J connectivity index is 2.23. The fourth-order valence-electron chi connectivity index (χ4n) is 2.29. The van der Waals surface area contributed by atoms with E-state index in [0.717, 1.165) is 6.29 Å². The van der Waals surface area contributed by atoms with E-state index in [1.807, 2.05) is 0 Å². The highest BCUT2D eigenvalue weighted by Gasteiger charge is 2.21. The van der Waals surface area contributed by atoms with E-state index in [-0.39, 0.29) is 18.2 Å². The van der Waals surface area contributed by atoms with Crippen molar-refractivity contribution < 1.29 is 19.0 Å². The van der Waals surface area contributed by atoms with Gasteiger partial charge in [0.05, 0.1) is 0 Å². The monoisotopic (exact) mass is 270 g/mol. The fraction of sp³-hybridized carbons (Fsp3) is 0.0625. The minimum absolute atomic E-state index is 0.0825. The average Bonchev–Trinajstić information content (AvgIpc) is 2.47. The van der Waals surface area contributed by atoms with Gasteiger partial charge in [-0.3, -0.25) is 4.79 Å². The van der Waals surface area contributed by atoms with Crippen molar-refractivity contribution in [1.82, 2.24) is 0 Å². The minimum Gasteiger partial charge on any atom is -0.508 e. The molecule has 0 saturated carbocycles. The van der Waals surface area contributed by atoms with E-state index in [0.29, 0.717) is 28.0 Å². The molecule has 0 amide bonds. The van der Waals surface area contributed by atoms with Crippen LogP contribution in [0.15, 0.2) is 48.0 Å². The third kappa shape index (κ3) is 2.05. The molecule has 0 aliphatic carbocycles. The van der Waals surface area contributed by atoms with Gasteiger partial charge < -0.3 is 9.84 Å². The molecule has 100 valence electrons. The Bertz CT molecular complexity index is 702. The van der Waals surface area contributed by atoms with Crippen LogP contribution in [0.3, 0.4) is 0 Å². The van der Waals surface area contributed by atoms with Crippen LogP contribution in [0.5, 0.6) is 11.5 Å². The molecule has 4 heteroatoms. The van der Waals surface area contributed by atoms with Crippen LogP contribution in [0.25, 0.3) is 5.57 Å². The van der Waals surface area contributed by atoms with Gasteiger partial charge in [-0.1, -0.05) is 12.1 Å². The van der Waals surface area contributed by atoms with Gasteiger partial charge in [-0.2, -0.15) is 0 Å². The van der Waals surface area contributed by atoms with E-state index < -0.39 is 0 Å². The number of fused-ring (bicyclic) bond motifs is 1. The number of rotatable bonds is 2. The zero-order chi connectivity index (χ0) is 14.1. The SMILES string of the molecule is O=CC1=C(c2ccc(F)cc2)c2cc(O)ccc2OC1. The predicted octanol–water partition coefficient (Wildman–Crippen LogP) is 2.92. The Labute approximate surface area is 114 Å². The molecule has 0 aromatic heterocycles. The molecule has 0 bridgehead atoms. The van der Waals surface area contributed by atoms with Gasteiger partial charge in [0.15, 0.2) is 0 Å². The highest BCUT2D eigenvalue weighted by Crippen LogP contribution is 2.38. The number of carbonyl (C=O) groups excluding carboxylic acids is 1. The van der Waals surface area contributed by atoms with E-state index in [1.54, 1.807) is 18.2 Å². The van der Waals surface area contributed by atoms with Crippen molar-refractivity contribution in [3.63, 3.8) is 0 Å². The van der Waals surface area contributed by atoms with Crippen LogP contribution >= 0.6 is 0 Å². The second-order valence-electron chi connectivity index (χ2n) is 4.49. The van der Waals surface area contributed by atoms with E-state index >= 15 is 0 Å². The molecule has 0 unspecified atom stereocenters. The van der Waals surface area contributed by atoms with Crippen LogP contribution in [-0.2, 0) is 4.79 Å². The van der Waals surface area contributed by atoms with Gasteiger partial charge in [0.1, 0.15) is 30.2 Å². The number of aromatic hydroxyl groups is 1. The highest BCUT2D eigenvalue weighted by molar-refractivity contribution is 5.97. The molecule has 0 fully saturated rings. The third-order valence-corrected chi connectivity index (χ3v) is 3.21. The zero-order valence-corrected chi connectivity index (χ0v) is 10.5. The van der Waals surface area contributed by atoms with E-state index in [2.05, 4.69) is 0 Å². The van der Waals surface area contributed by atoms with Gasteiger partial charge in [0.2, 0.25) is 0 Å². The van der Waals surface area contributed by atoms with Crippen molar-refractivity contribution in [2.24, 2.45) is 0 Å². The maximum Gasteiger partial charge on any atom is 0.150 e. The van der Waals surface area contributed by atoms with Gasteiger partial charge in [0, 0.05) is 16.7 Å². The second kappa shape index (κ2) is 4.81. The van der Waals surface area contributed by atoms with Crippen LogP contribution in [0.1, 0.15) is 11.1 Å². The second-order valence-corrected chi connectivity index (χ2v) is 4.49. The smallest absolute Gasteiger partial charge is 0.150 e. The molecule has 1 aliphatic heterocycles. The molecular formula is C16H11FO3. The van der Waals surface area contributed by atoms with E-state index in [9.17, 15) is 14.3 Å². The number of hydrogen-bond donors (Lipinski definition) is 1. The summed E-state index contributed by atoms with van der Waals surface area (Å²) in [7, 11) is 0. The minimum atomic E-state index is -0.342. The van der Waals surface area contributed by atoms with Crippen molar-refractivity contribution >= 4 is 11.9 Å². The molecule has 2 aromatic rings. The molecule has 3 rings (SSSR count). The first-order valence-electron chi connectivity index (χ1n) is 6.09. The van der Waals surface area contributed by atoms with Gasteiger partial charge in [-0.25, -0.2) is 4.39 Å². The topological polar surface area (TPSA) is 46.5 Å². The number of ether oxygens (including phenoxy) is 1. The number of phenols is 1. The van der Waals surface area contributed by atoms with E-state index in [1.165, 1.54) is 24.3 Å². The van der Waals surface area contributed by atoms with Gasteiger partial charge in [0.25, 0.3) is 0 Å². The summed E-state index contributed by atoms with van der Waals surface area (Å²) in [5.41, 5.74) is 2.47. The maximum atomic E-state index is 13.0. The molecule has 0 radical (unpaired) electrons. The maximum absolute atomic E-state index is 13.0. The third-order valence-electron chi connectivity index (χ3n) is 3.21. The number of hydrogen-bond acceptors (Lipinski definition) is 3. The van der Waals surface area contributed by atoms with Crippen molar-refractivity contribution in [2.75, 3.05) is 6.61 Å². The lowest BCUT2D eigenvalue weighted by molar-refractivity contribution is -0.105. The summed E-state index contributed by atoms with van der Waals surface area (Å²) in [6.45, 7) is 0.161. The van der Waals surface area contributed by atoms with Gasteiger partial charge in [-0.15, -0.1) is 0 Å². The Morgan fingerprint density at radius 3 is 2.60 bits per heavy atom. The molecule has 1 heterocycles. The first kappa shape index (κ1) is 12.4. The van der Waals surface area contributed by atoms with Crippen molar-refractivity contribution in [3.05, 3.63) is 65.0 Å². The number of phenolic OH excluding ortho intramolecular Hbond substituents is 1. The standard InChI is InChI=1S/C16H11FO3/c17-12-3-1-10(2-4-12)16-11(8-18)9-20-15-6-5-13(19)7-14(15)16/h1-8,19H,9H2. The number of halogens is 1. The molecule has 1 N–H and O–H groups in total. The molecule has 0 atom stereocenters. The largest absolute Gasteiger partial charge is 0.508 e. The van der Waals surface area contributed by atoms with Crippen LogP contribution in [-0.4, -0.2) is 18.0 Å².